The average Bonchev–Trinajstić information content (AvgIpc) is 2.72. The fraction of sp³-hybridized carbons (Fsp3) is 0.348. The van der Waals surface area contributed by atoms with Crippen LogP contribution < -0.4 is 15.8 Å². The third kappa shape index (κ3) is 5.16. The highest BCUT2D eigenvalue weighted by atomic mass is 19.4. The van der Waals surface area contributed by atoms with E-state index in [0.717, 1.165) is 25.9 Å². The Balaban J connectivity index is 1.79. The van der Waals surface area contributed by atoms with Crippen molar-refractivity contribution in [3.05, 3.63) is 47.8 Å². The molecule has 0 bridgehead atoms. The molecule has 3 aromatic rings. The molecule has 0 unspecified atom stereocenters. The van der Waals surface area contributed by atoms with E-state index in [9.17, 15) is 18.0 Å². The van der Waals surface area contributed by atoms with Crippen molar-refractivity contribution in [2.75, 3.05) is 25.5 Å². The number of carbonyl (C=O) groups excluding carboxylic acids is 1. The molecule has 2 heterocycles. The van der Waals surface area contributed by atoms with E-state index in [1.807, 2.05) is 6.07 Å². The number of likely N-dealkylation sites (N-methyl/N-ethyl adjacent to an activating group) is 1. The van der Waals surface area contributed by atoms with Gasteiger partial charge in [-0.1, -0.05) is 6.07 Å². The van der Waals surface area contributed by atoms with Gasteiger partial charge < -0.3 is 20.7 Å². The lowest BCUT2D eigenvalue weighted by Crippen LogP contribution is -2.39. The molecule has 1 atom stereocenters. The number of amides is 1. The van der Waals surface area contributed by atoms with Gasteiger partial charge in [-0.15, -0.1) is 13.2 Å². The van der Waals surface area contributed by atoms with Crippen LogP contribution in [0.3, 0.4) is 0 Å². The van der Waals surface area contributed by atoms with Gasteiger partial charge in [0.25, 0.3) is 5.91 Å². The van der Waals surface area contributed by atoms with Gasteiger partial charge in [0, 0.05) is 18.0 Å². The van der Waals surface area contributed by atoms with Crippen LogP contribution in [0.2, 0.25) is 0 Å². The quantitative estimate of drug-likeness (QED) is 0.597. The maximum absolute atomic E-state index is 12.6. The number of aryl methyl sites for hydroxylation is 1. The lowest BCUT2D eigenvalue weighted by molar-refractivity contribution is -0.274. The molecular weight excluding hydrogens is 435 g/mol. The first-order valence-electron chi connectivity index (χ1n) is 10.5. The number of primary amides is 1. The first-order valence-corrected chi connectivity index (χ1v) is 10.5. The van der Waals surface area contributed by atoms with Crippen molar-refractivity contribution in [3.8, 4) is 16.9 Å². The van der Waals surface area contributed by atoms with Crippen LogP contribution in [0.4, 0.5) is 19.0 Å². The van der Waals surface area contributed by atoms with E-state index in [1.54, 1.807) is 13.0 Å². The number of piperidine rings is 1. The minimum atomic E-state index is -4.78. The van der Waals surface area contributed by atoms with Crippen molar-refractivity contribution in [1.29, 1.82) is 0 Å². The second-order valence-corrected chi connectivity index (χ2v) is 8.28. The highest BCUT2D eigenvalue weighted by molar-refractivity contribution is 6.09. The summed E-state index contributed by atoms with van der Waals surface area (Å²) < 4.78 is 41.7. The number of benzene rings is 2. The summed E-state index contributed by atoms with van der Waals surface area (Å²) in [6.07, 6.45) is -1.35. The van der Waals surface area contributed by atoms with Crippen LogP contribution in [0.1, 0.15) is 28.8 Å². The Hall–Kier alpha value is -3.40. The highest BCUT2D eigenvalue weighted by Gasteiger charge is 2.31. The maximum Gasteiger partial charge on any atom is 0.573 e. The van der Waals surface area contributed by atoms with Crippen molar-refractivity contribution in [1.82, 2.24) is 14.9 Å². The number of halogens is 3. The predicted octanol–water partition coefficient (Wildman–Crippen LogP) is 4.11. The van der Waals surface area contributed by atoms with Gasteiger partial charge in [-0.25, -0.2) is 9.97 Å². The molecule has 1 aliphatic rings. The van der Waals surface area contributed by atoms with Crippen molar-refractivity contribution in [3.63, 3.8) is 0 Å². The number of likely N-dealkylation sites (tertiary alicyclic amines) is 1. The summed E-state index contributed by atoms with van der Waals surface area (Å²) in [7, 11) is 2.06. The number of nitrogens with zero attached hydrogens (tertiary/aromatic N) is 3. The SMILES string of the molecule is Cc1cc(OC(F)(F)F)ccc1-c1cc(C(N)=O)c2ncnc(N[C@H]3CCCN(C)C3)c2c1. The second kappa shape index (κ2) is 8.86. The molecular formula is C23H24F3N5O2. The summed E-state index contributed by atoms with van der Waals surface area (Å²) in [6, 6.07) is 7.67. The molecule has 1 aliphatic heterocycles. The number of carbonyl (C=O) groups is 1. The second-order valence-electron chi connectivity index (χ2n) is 8.28. The van der Waals surface area contributed by atoms with Crippen LogP contribution in [-0.4, -0.2) is 53.3 Å². The van der Waals surface area contributed by atoms with E-state index >= 15 is 0 Å². The van der Waals surface area contributed by atoms with Crippen molar-refractivity contribution in [2.24, 2.45) is 5.73 Å². The molecule has 0 spiro atoms. The number of alkyl halides is 3. The highest BCUT2D eigenvalue weighted by Crippen LogP contribution is 2.34. The van der Waals surface area contributed by atoms with Gasteiger partial charge in [0.15, 0.2) is 0 Å². The molecule has 1 amide bonds. The lowest BCUT2D eigenvalue weighted by Gasteiger charge is -2.30. The molecule has 1 fully saturated rings. The summed E-state index contributed by atoms with van der Waals surface area (Å²) >= 11 is 0. The number of hydrogen-bond donors (Lipinski definition) is 2. The van der Waals surface area contributed by atoms with E-state index < -0.39 is 12.3 Å². The molecule has 1 aromatic heterocycles. The predicted molar refractivity (Wildman–Crippen MR) is 119 cm³/mol. The molecule has 1 saturated heterocycles. The van der Waals surface area contributed by atoms with E-state index in [2.05, 4.69) is 32.0 Å². The van der Waals surface area contributed by atoms with Crippen LogP contribution >= 0.6 is 0 Å². The van der Waals surface area contributed by atoms with E-state index in [-0.39, 0.29) is 17.4 Å². The number of fused-ring (bicyclic) bond motifs is 1. The first-order chi connectivity index (χ1) is 15.6. The fourth-order valence-corrected chi connectivity index (χ4v) is 4.26. The minimum Gasteiger partial charge on any atom is -0.406 e. The van der Waals surface area contributed by atoms with Crippen LogP contribution in [0.25, 0.3) is 22.0 Å². The number of hydrogen-bond acceptors (Lipinski definition) is 6. The van der Waals surface area contributed by atoms with Crippen molar-refractivity contribution >= 4 is 22.6 Å². The Morgan fingerprint density at radius 2 is 2.03 bits per heavy atom. The van der Waals surface area contributed by atoms with Crippen molar-refractivity contribution < 1.29 is 22.7 Å². The van der Waals surface area contributed by atoms with Crippen LogP contribution in [0, 0.1) is 6.92 Å². The monoisotopic (exact) mass is 459 g/mol. The fourth-order valence-electron chi connectivity index (χ4n) is 4.26. The number of ether oxygens (including phenoxy) is 1. The van der Waals surface area contributed by atoms with Gasteiger partial charge in [-0.05, 0) is 74.3 Å². The number of rotatable bonds is 5. The molecule has 10 heteroatoms. The Bertz CT molecular complexity index is 1200. The number of nitrogens with two attached hydrogens (primary N) is 1. The first kappa shape index (κ1) is 22.8. The Labute approximate surface area is 188 Å². The van der Waals surface area contributed by atoms with Crippen LogP contribution in [0.15, 0.2) is 36.7 Å². The number of nitrogens with one attached hydrogen (secondary N) is 1. The normalized spacial score (nSPS) is 17.2. The summed E-state index contributed by atoms with van der Waals surface area (Å²) in [5, 5.41) is 4.08. The van der Waals surface area contributed by atoms with Gasteiger partial charge in [-0.3, -0.25) is 4.79 Å². The third-order valence-electron chi connectivity index (χ3n) is 5.71. The Morgan fingerprint density at radius 3 is 2.70 bits per heavy atom. The zero-order valence-corrected chi connectivity index (χ0v) is 18.2. The zero-order chi connectivity index (χ0) is 23.8. The standard InChI is InChI=1S/C23H24F3N5O2/c1-13-8-16(33-23(24,25)26)5-6-17(13)14-9-18(21(27)32)20-19(10-14)22(29-12-28-20)30-15-4-3-7-31(2)11-15/h5-6,8-10,12,15H,3-4,7,11H2,1-2H3,(H2,27,32)(H,28,29,30)/t15-/m0/s1. The lowest BCUT2D eigenvalue weighted by atomic mass is 9.96. The summed E-state index contributed by atoms with van der Waals surface area (Å²) in [5.41, 5.74) is 8.07. The smallest absolute Gasteiger partial charge is 0.406 e. The molecule has 0 radical (unpaired) electrons. The third-order valence-corrected chi connectivity index (χ3v) is 5.71. The van der Waals surface area contributed by atoms with Crippen LogP contribution in [0.5, 0.6) is 5.75 Å². The van der Waals surface area contributed by atoms with Gasteiger partial charge in [0.2, 0.25) is 0 Å². The Kier molecular flexibility index (Phi) is 6.11. The topological polar surface area (TPSA) is 93.4 Å². The van der Waals surface area contributed by atoms with Gasteiger partial charge in [0.1, 0.15) is 17.9 Å². The minimum absolute atomic E-state index is 0.183. The molecule has 0 saturated carbocycles. The Morgan fingerprint density at radius 1 is 1.24 bits per heavy atom. The summed E-state index contributed by atoms with van der Waals surface area (Å²) in [4.78, 5) is 23.1. The number of anilines is 1. The molecule has 3 N–H and O–H groups in total. The molecule has 0 aliphatic carbocycles. The van der Waals surface area contributed by atoms with Crippen LogP contribution in [-0.2, 0) is 0 Å². The van der Waals surface area contributed by atoms with Gasteiger partial charge in [-0.2, -0.15) is 0 Å². The molecule has 7 nitrogen and oxygen atoms in total. The maximum atomic E-state index is 12.6. The van der Waals surface area contributed by atoms with E-state index in [4.69, 9.17) is 5.73 Å². The van der Waals surface area contributed by atoms with Gasteiger partial charge >= 0.3 is 6.36 Å². The molecule has 174 valence electrons. The summed E-state index contributed by atoms with van der Waals surface area (Å²) in [6.45, 7) is 3.56. The van der Waals surface area contributed by atoms with E-state index in [0.29, 0.717) is 33.4 Å². The van der Waals surface area contributed by atoms with Gasteiger partial charge in [0.05, 0.1) is 11.1 Å². The van der Waals surface area contributed by atoms with E-state index in [1.165, 1.54) is 24.5 Å². The van der Waals surface area contributed by atoms with Crippen molar-refractivity contribution in [2.45, 2.75) is 32.2 Å². The average molecular weight is 459 g/mol. The molecule has 2 aromatic carbocycles. The molecule has 4 rings (SSSR count). The largest absolute Gasteiger partial charge is 0.573 e. The zero-order valence-electron chi connectivity index (χ0n) is 18.2. The molecule has 33 heavy (non-hydrogen) atoms. The summed E-state index contributed by atoms with van der Waals surface area (Å²) in [5.74, 6) is -0.385. The number of aromatic nitrogens is 2.